The van der Waals surface area contributed by atoms with Gasteiger partial charge in [0.15, 0.2) is 11.6 Å². The molecule has 0 saturated carbocycles. The standard InChI is InChI=1S/C22H16F3N5O3/c1-33-15-8-6-14(7-9-15)27-21-20(26)29-19-16(28-21)10-11-17(30(31)32)18(19)12-2-4-13(5-3-12)22(23,24)25/h2-11H,1H3,(H2,26,29)(H,27,28). The van der Waals surface area contributed by atoms with Gasteiger partial charge in [-0.05, 0) is 48.0 Å². The van der Waals surface area contributed by atoms with E-state index in [1.54, 1.807) is 31.4 Å². The van der Waals surface area contributed by atoms with Crippen LogP contribution in [0, 0.1) is 10.1 Å². The molecule has 4 aromatic rings. The first kappa shape index (κ1) is 21.8. The molecular formula is C22H16F3N5O3. The lowest BCUT2D eigenvalue weighted by molar-refractivity contribution is -0.384. The monoisotopic (exact) mass is 455 g/mol. The van der Waals surface area contributed by atoms with Crippen LogP contribution in [0.4, 0.5) is 36.2 Å². The maximum absolute atomic E-state index is 12.9. The summed E-state index contributed by atoms with van der Waals surface area (Å²) in [6, 6.07) is 13.6. The molecule has 0 atom stereocenters. The van der Waals surface area contributed by atoms with Crippen molar-refractivity contribution in [1.29, 1.82) is 0 Å². The molecule has 1 aromatic heterocycles. The smallest absolute Gasteiger partial charge is 0.416 e. The number of hydrogen-bond donors (Lipinski definition) is 2. The van der Waals surface area contributed by atoms with Crippen molar-refractivity contribution < 1.29 is 22.8 Å². The number of nitrogens with two attached hydrogens (primary N) is 1. The number of nitrogen functional groups attached to an aromatic ring is 1. The third-order valence-corrected chi connectivity index (χ3v) is 4.89. The normalized spacial score (nSPS) is 11.4. The van der Waals surface area contributed by atoms with Crippen LogP contribution >= 0.6 is 0 Å². The lowest BCUT2D eigenvalue weighted by Crippen LogP contribution is -2.05. The fraction of sp³-hybridized carbons (Fsp3) is 0.0909. The number of aromatic nitrogens is 2. The SMILES string of the molecule is COc1ccc(Nc2nc3ccc([N+](=O)[O-])c(-c4ccc(C(F)(F)F)cc4)c3nc2N)cc1. The highest BCUT2D eigenvalue weighted by Crippen LogP contribution is 2.38. The first-order valence-electron chi connectivity index (χ1n) is 9.50. The number of ether oxygens (including phenoxy) is 1. The van der Waals surface area contributed by atoms with E-state index in [2.05, 4.69) is 15.3 Å². The van der Waals surface area contributed by atoms with Gasteiger partial charge in [-0.3, -0.25) is 10.1 Å². The van der Waals surface area contributed by atoms with Crippen LogP contribution in [-0.2, 0) is 6.18 Å². The predicted octanol–water partition coefficient (Wildman–Crippen LogP) is 5.56. The Morgan fingerprint density at radius 3 is 2.24 bits per heavy atom. The second kappa shape index (κ2) is 8.26. The molecule has 0 spiro atoms. The van der Waals surface area contributed by atoms with Gasteiger partial charge in [0, 0.05) is 11.8 Å². The number of nitro groups is 1. The van der Waals surface area contributed by atoms with Crippen LogP contribution in [0.1, 0.15) is 5.56 Å². The first-order chi connectivity index (χ1) is 15.7. The van der Waals surface area contributed by atoms with Crippen molar-refractivity contribution in [2.45, 2.75) is 6.18 Å². The molecule has 33 heavy (non-hydrogen) atoms. The van der Waals surface area contributed by atoms with E-state index in [0.717, 1.165) is 24.3 Å². The molecule has 168 valence electrons. The number of benzene rings is 3. The van der Waals surface area contributed by atoms with Gasteiger partial charge < -0.3 is 15.8 Å². The summed E-state index contributed by atoms with van der Waals surface area (Å²) in [5.74, 6) is 0.846. The Kier molecular flexibility index (Phi) is 5.46. The summed E-state index contributed by atoms with van der Waals surface area (Å²) < 4.78 is 43.9. The number of nitro benzene ring substituents is 1. The topological polar surface area (TPSA) is 116 Å². The number of halogens is 3. The molecule has 0 saturated heterocycles. The van der Waals surface area contributed by atoms with Crippen molar-refractivity contribution in [1.82, 2.24) is 9.97 Å². The van der Waals surface area contributed by atoms with Gasteiger partial charge in [-0.15, -0.1) is 0 Å². The average Bonchev–Trinajstić information content (AvgIpc) is 2.79. The number of alkyl halides is 3. The van der Waals surface area contributed by atoms with E-state index in [4.69, 9.17) is 10.5 Å². The number of rotatable bonds is 5. The zero-order valence-corrected chi connectivity index (χ0v) is 17.1. The van der Waals surface area contributed by atoms with Gasteiger partial charge in [-0.2, -0.15) is 13.2 Å². The summed E-state index contributed by atoms with van der Waals surface area (Å²) in [6.45, 7) is 0. The Hall–Kier alpha value is -4.41. The van der Waals surface area contributed by atoms with Gasteiger partial charge in [0.05, 0.1) is 28.7 Å². The van der Waals surface area contributed by atoms with Crippen molar-refractivity contribution in [2.24, 2.45) is 0 Å². The van der Waals surface area contributed by atoms with E-state index in [1.807, 2.05) is 0 Å². The molecule has 11 heteroatoms. The fourth-order valence-electron chi connectivity index (χ4n) is 3.29. The molecule has 0 aliphatic carbocycles. The average molecular weight is 455 g/mol. The van der Waals surface area contributed by atoms with Gasteiger partial charge in [0.25, 0.3) is 5.69 Å². The van der Waals surface area contributed by atoms with Gasteiger partial charge in [-0.1, -0.05) is 12.1 Å². The van der Waals surface area contributed by atoms with Crippen LogP contribution in [-0.4, -0.2) is 22.0 Å². The molecule has 8 nitrogen and oxygen atoms in total. The van der Waals surface area contributed by atoms with E-state index < -0.39 is 16.7 Å². The third-order valence-electron chi connectivity index (χ3n) is 4.89. The Morgan fingerprint density at radius 2 is 1.67 bits per heavy atom. The Morgan fingerprint density at radius 1 is 1.00 bits per heavy atom. The Balaban J connectivity index is 1.82. The first-order valence-corrected chi connectivity index (χ1v) is 9.50. The lowest BCUT2D eigenvalue weighted by Gasteiger charge is -2.13. The summed E-state index contributed by atoms with van der Waals surface area (Å²) in [5.41, 5.74) is 6.11. The highest BCUT2D eigenvalue weighted by molar-refractivity contribution is 5.98. The molecule has 0 aliphatic rings. The van der Waals surface area contributed by atoms with Crippen molar-refractivity contribution in [2.75, 3.05) is 18.2 Å². The van der Waals surface area contributed by atoms with Gasteiger partial charge >= 0.3 is 6.18 Å². The van der Waals surface area contributed by atoms with Crippen molar-refractivity contribution in [3.05, 3.63) is 76.3 Å². The second-order valence-corrected chi connectivity index (χ2v) is 6.97. The van der Waals surface area contributed by atoms with E-state index >= 15 is 0 Å². The fourth-order valence-corrected chi connectivity index (χ4v) is 3.29. The summed E-state index contributed by atoms with van der Waals surface area (Å²) in [6.07, 6.45) is -4.53. The van der Waals surface area contributed by atoms with E-state index in [-0.39, 0.29) is 39.5 Å². The van der Waals surface area contributed by atoms with Gasteiger partial charge in [-0.25, -0.2) is 9.97 Å². The maximum atomic E-state index is 12.9. The van der Waals surface area contributed by atoms with Crippen LogP contribution in [0.5, 0.6) is 5.75 Å². The number of nitrogens with zero attached hydrogens (tertiary/aromatic N) is 3. The minimum absolute atomic E-state index is 0.0291. The van der Waals surface area contributed by atoms with Crippen molar-refractivity contribution in [3.8, 4) is 16.9 Å². The highest BCUT2D eigenvalue weighted by atomic mass is 19.4. The van der Waals surface area contributed by atoms with E-state index in [0.29, 0.717) is 11.4 Å². The van der Waals surface area contributed by atoms with Crippen molar-refractivity contribution >= 4 is 34.0 Å². The molecule has 3 N–H and O–H groups in total. The zero-order valence-electron chi connectivity index (χ0n) is 17.1. The number of nitrogens with one attached hydrogen (secondary N) is 1. The molecular weight excluding hydrogens is 439 g/mol. The quantitative estimate of drug-likeness (QED) is 0.299. The molecule has 3 aromatic carbocycles. The van der Waals surface area contributed by atoms with Crippen molar-refractivity contribution in [3.63, 3.8) is 0 Å². The zero-order chi connectivity index (χ0) is 23.8. The number of methoxy groups -OCH3 is 1. The summed E-state index contributed by atoms with van der Waals surface area (Å²) in [7, 11) is 1.54. The second-order valence-electron chi connectivity index (χ2n) is 6.97. The van der Waals surface area contributed by atoms with E-state index in [1.165, 1.54) is 12.1 Å². The summed E-state index contributed by atoms with van der Waals surface area (Å²) in [5, 5.41) is 14.7. The minimum atomic E-state index is -4.53. The van der Waals surface area contributed by atoms with Crippen LogP contribution in [0.3, 0.4) is 0 Å². The van der Waals surface area contributed by atoms with Crippen LogP contribution < -0.4 is 15.8 Å². The predicted molar refractivity (Wildman–Crippen MR) is 117 cm³/mol. The number of hydrogen-bond acceptors (Lipinski definition) is 7. The van der Waals surface area contributed by atoms with Gasteiger partial charge in [0.1, 0.15) is 11.3 Å². The van der Waals surface area contributed by atoms with Crippen LogP contribution in [0.15, 0.2) is 60.7 Å². The Labute approximate surface area is 185 Å². The number of fused-ring (bicyclic) bond motifs is 1. The number of anilines is 3. The molecule has 0 amide bonds. The lowest BCUT2D eigenvalue weighted by atomic mass is 10.00. The Bertz CT molecular complexity index is 1340. The molecule has 0 fully saturated rings. The summed E-state index contributed by atoms with van der Waals surface area (Å²) in [4.78, 5) is 19.7. The molecule has 0 radical (unpaired) electrons. The van der Waals surface area contributed by atoms with Crippen LogP contribution in [0.25, 0.3) is 22.2 Å². The molecule has 1 heterocycles. The van der Waals surface area contributed by atoms with E-state index in [9.17, 15) is 23.3 Å². The van der Waals surface area contributed by atoms with Crippen LogP contribution in [0.2, 0.25) is 0 Å². The highest BCUT2D eigenvalue weighted by Gasteiger charge is 2.30. The molecule has 0 unspecified atom stereocenters. The largest absolute Gasteiger partial charge is 0.497 e. The summed E-state index contributed by atoms with van der Waals surface area (Å²) >= 11 is 0. The molecule has 0 aliphatic heterocycles. The molecule has 0 bridgehead atoms. The van der Waals surface area contributed by atoms with Gasteiger partial charge in [0.2, 0.25) is 0 Å². The minimum Gasteiger partial charge on any atom is -0.497 e. The molecule has 4 rings (SSSR count). The maximum Gasteiger partial charge on any atom is 0.416 e. The third kappa shape index (κ3) is 4.33.